The van der Waals surface area contributed by atoms with Crippen molar-refractivity contribution in [2.24, 2.45) is 0 Å². The highest BCUT2D eigenvalue weighted by molar-refractivity contribution is 7.92. The average Bonchev–Trinajstić information content (AvgIpc) is 3.28. The summed E-state index contributed by atoms with van der Waals surface area (Å²) in [7, 11) is -3.74. The fourth-order valence-corrected chi connectivity index (χ4v) is 4.77. The fraction of sp³-hybridized carbons (Fsp3) is 0.238. The van der Waals surface area contributed by atoms with Crippen LogP contribution in [0.3, 0.4) is 0 Å². The summed E-state index contributed by atoms with van der Waals surface area (Å²) in [6.45, 7) is 0.968. The molecule has 0 radical (unpaired) electrons. The van der Waals surface area contributed by atoms with Crippen LogP contribution in [-0.2, 0) is 23.0 Å². The zero-order valence-electron chi connectivity index (χ0n) is 15.8. The molecule has 3 heterocycles. The summed E-state index contributed by atoms with van der Waals surface area (Å²) < 4.78 is 32.1. The molecule has 0 spiro atoms. The Labute approximate surface area is 169 Å². The van der Waals surface area contributed by atoms with E-state index in [1.54, 1.807) is 16.8 Å². The van der Waals surface area contributed by atoms with Gasteiger partial charge in [-0.1, -0.05) is 24.6 Å². The summed E-state index contributed by atoms with van der Waals surface area (Å²) in [5.41, 5.74) is 3.18. The van der Waals surface area contributed by atoms with Gasteiger partial charge in [-0.15, -0.1) is 0 Å². The minimum absolute atomic E-state index is 0.113. The molecule has 4 aromatic rings. The van der Waals surface area contributed by atoms with Crippen molar-refractivity contribution in [2.75, 3.05) is 4.72 Å². The van der Waals surface area contributed by atoms with E-state index < -0.39 is 10.0 Å². The van der Waals surface area contributed by atoms with Crippen molar-refractivity contribution in [3.63, 3.8) is 0 Å². The lowest BCUT2D eigenvalue weighted by Crippen LogP contribution is -2.12. The molecule has 1 N–H and O–H groups in total. The Hall–Kier alpha value is -3.13. The highest BCUT2D eigenvalue weighted by Gasteiger charge is 2.19. The maximum absolute atomic E-state index is 12.8. The number of sulfonamides is 1. The van der Waals surface area contributed by atoms with Crippen LogP contribution in [0, 0.1) is 0 Å². The van der Waals surface area contributed by atoms with Gasteiger partial charge >= 0.3 is 0 Å². The van der Waals surface area contributed by atoms with Crippen molar-refractivity contribution in [1.82, 2.24) is 19.3 Å². The van der Waals surface area contributed by atoms with Crippen LogP contribution in [0.25, 0.3) is 16.7 Å². The largest absolute Gasteiger partial charge is 0.328 e. The molecular weight excluding hydrogens is 386 g/mol. The van der Waals surface area contributed by atoms with E-state index in [4.69, 9.17) is 4.98 Å². The van der Waals surface area contributed by atoms with E-state index in [9.17, 15) is 8.42 Å². The maximum atomic E-state index is 12.8. The molecule has 0 amide bonds. The van der Waals surface area contributed by atoms with E-state index in [0.29, 0.717) is 5.69 Å². The summed E-state index contributed by atoms with van der Waals surface area (Å²) in [5.74, 6) is 1.08. The van der Waals surface area contributed by atoms with Gasteiger partial charge in [0.15, 0.2) is 0 Å². The van der Waals surface area contributed by atoms with Crippen LogP contribution in [-0.4, -0.2) is 27.7 Å². The van der Waals surface area contributed by atoms with Crippen molar-refractivity contribution in [3.8, 4) is 5.69 Å². The molecule has 148 valence electrons. The topological polar surface area (TPSA) is 81.8 Å². The minimum Gasteiger partial charge on any atom is -0.328 e. The van der Waals surface area contributed by atoms with Gasteiger partial charge in [-0.25, -0.2) is 18.1 Å². The van der Waals surface area contributed by atoms with Gasteiger partial charge in [0.2, 0.25) is 0 Å². The summed E-state index contributed by atoms with van der Waals surface area (Å²) in [4.78, 5) is 4.85. The minimum atomic E-state index is -3.74. The zero-order valence-corrected chi connectivity index (χ0v) is 16.6. The van der Waals surface area contributed by atoms with Gasteiger partial charge in [0.05, 0.1) is 34.8 Å². The first-order valence-corrected chi connectivity index (χ1v) is 11.2. The number of rotatable bonds is 4. The molecule has 0 aliphatic carbocycles. The molecule has 0 bridgehead atoms. The third-order valence-corrected chi connectivity index (χ3v) is 6.59. The van der Waals surface area contributed by atoms with Gasteiger partial charge in [-0.2, -0.15) is 5.10 Å². The number of hydrogen-bond donors (Lipinski definition) is 1. The third-order valence-electron chi connectivity index (χ3n) is 5.25. The number of hydrogen-bond acceptors (Lipinski definition) is 4. The molecule has 0 atom stereocenters. The van der Waals surface area contributed by atoms with E-state index in [1.807, 2.05) is 36.4 Å². The van der Waals surface area contributed by atoms with Crippen LogP contribution in [0.5, 0.6) is 0 Å². The Kier molecular flexibility index (Phi) is 4.35. The molecule has 2 aromatic heterocycles. The Balaban J connectivity index is 1.43. The second kappa shape index (κ2) is 7.04. The van der Waals surface area contributed by atoms with Crippen molar-refractivity contribution in [3.05, 3.63) is 66.7 Å². The van der Waals surface area contributed by atoms with Gasteiger partial charge in [-0.3, -0.25) is 4.72 Å². The Morgan fingerprint density at radius 2 is 1.86 bits per heavy atom. The van der Waals surface area contributed by atoms with Gasteiger partial charge in [-0.05, 0) is 43.2 Å². The number of para-hydroxylation sites is 1. The van der Waals surface area contributed by atoms with E-state index in [0.717, 1.165) is 48.4 Å². The maximum Gasteiger partial charge on any atom is 0.265 e. The first-order chi connectivity index (χ1) is 14.1. The van der Waals surface area contributed by atoms with Crippen LogP contribution in [0.2, 0.25) is 0 Å². The number of benzene rings is 2. The SMILES string of the molecule is O=S(=O)(Nc1ccc2c(c1)nc1n2CCCCC1)c1cnn(-c2ccccc2)c1. The number of fused-ring (bicyclic) bond motifs is 3. The first-order valence-electron chi connectivity index (χ1n) is 9.72. The number of aromatic nitrogens is 4. The predicted octanol–water partition coefficient (Wildman–Crippen LogP) is 3.75. The van der Waals surface area contributed by atoms with E-state index >= 15 is 0 Å². The highest BCUT2D eigenvalue weighted by Crippen LogP contribution is 2.25. The third kappa shape index (κ3) is 3.40. The quantitative estimate of drug-likeness (QED) is 0.559. The van der Waals surface area contributed by atoms with Crippen molar-refractivity contribution in [1.29, 1.82) is 0 Å². The molecular formula is C21H21N5O2S. The molecule has 8 heteroatoms. The van der Waals surface area contributed by atoms with Crippen LogP contribution in [0.4, 0.5) is 5.69 Å². The van der Waals surface area contributed by atoms with Crippen molar-refractivity contribution in [2.45, 2.75) is 37.1 Å². The Bertz CT molecular complexity index is 1280. The molecule has 1 aliphatic rings. The molecule has 1 aliphatic heterocycles. The van der Waals surface area contributed by atoms with E-state index in [2.05, 4.69) is 14.4 Å². The van der Waals surface area contributed by atoms with Gasteiger partial charge in [0.25, 0.3) is 10.0 Å². The monoisotopic (exact) mass is 407 g/mol. The average molecular weight is 407 g/mol. The number of aryl methyl sites for hydroxylation is 2. The van der Waals surface area contributed by atoms with Crippen LogP contribution >= 0.6 is 0 Å². The molecule has 0 fully saturated rings. The summed E-state index contributed by atoms with van der Waals surface area (Å²) in [5, 5.41) is 4.18. The molecule has 29 heavy (non-hydrogen) atoms. The molecule has 0 saturated heterocycles. The Morgan fingerprint density at radius 1 is 1.00 bits per heavy atom. The number of imidazole rings is 1. The predicted molar refractivity (Wildman–Crippen MR) is 112 cm³/mol. The number of nitrogens with zero attached hydrogens (tertiary/aromatic N) is 4. The standard InChI is InChI=1S/C21H21N5O2S/c27-29(28,18-14-22-26(15-18)17-7-3-1-4-8-17)24-16-10-11-20-19(13-16)23-21-9-5-2-6-12-25(20)21/h1,3-4,7-8,10-11,13-15,24H,2,5-6,9,12H2. The van der Waals surface area contributed by atoms with Crippen LogP contribution in [0.15, 0.2) is 65.8 Å². The van der Waals surface area contributed by atoms with E-state index in [-0.39, 0.29) is 4.90 Å². The first kappa shape index (κ1) is 17.9. The van der Waals surface area contributed by atoms with Gasteiger partial charge in [0.1, 0.15) is 10.7 Å². The van der Waals surface area contributed by atoms with Crippen LogP contribution in [0.1, 0.15) is 25.1 Å². The molecule has 7 nitrogen and oxygen atoms in total. The summed E-state index contributed by atoms with van der Waals surface area (Å²) in [6, 6.07) is 14.9. The molecule has 5 rings (SSSR count). The summed E-state index contributed by atoms with van der Waals surface area (Å²) >= 11 is 0. The fourth-order valence-electron chi connectivity index (χ4n) is 3.79. The second-order valence-electron chi connectivity index (χ2n) is 7.26. The highest BCUT2D eigenvalue weighted by atomic mass is 32.2. The zero-order chi connectivity index (χ0) is 19.8. The smallest absolute Gasteiger partial charge is 0.265 e. The number of anilines is 1. The van der Waals surface area contributed by atoms with Crippen LogP contribution < -0.4 is 4.72 Å². The van der Waals surface area contributed by atoms with E-state index in [1.165, 1.54) is 18.8 Å². The van der Waals surface area contributed by atoms with Crippen molar-refractivity contribution < 1.29 is 8.42 Å². The van der Waals surface area contributed by atoms with Gasteiger partial charge < -0.3 is 4.57 Å². The normalized spacial score (nSPS) is 14.5. The lowest BCUT2D eigenvalue weighted by Gasteiger charge is -2.07. The lowest BCUT2D eigenvalue weighted by atomic mass is 10.2. The Morgan fingerprint density at radius 3 is 2.72 bits per heavy atom. The summed E-state index contributed by atoms with van der Waals surface area (Å²) in [6.07, 6.45) is 7.35. The molecule has 2 aromatic carbocycles. The number of nitrogens with one attached hydrogen (secondary N) is 1. The molecule has 0 saturated carbocycles. The lowest BCUT2D eigenvalue weighted by molar-refractivity contribution is 0.601. The second-order valence-corrected chi connectivity index (χ2v) is 8.94. The van der Waals surface area contributed by atoms with Crippen molar-refractivity contribution >= 4 is 26.7 Å². The van der Waals surface area contributed by atoms with Gasteiger partial charge in [0, 0.05) is 13.0 Å². The molecule has 0 unspecified atom stereocenters.